The van der Waals surface area contributed by atoms with E-state index in [2.05, 4.69) is 17.0 Å². The number of hydrogen-bond acceptors (Lipinski definition) is 3. The zero-order valence-corrected chi connectivity index (χ0v) is 12.7. The summed E-state index contributed by atoms with van der Waals surface area (Å²) in [5, 5.41) is 0. The normalized spacial score (nSPS) is 26.7. The highest BCUT2D eigenvalue weighted by molar-refractivity contribution is 5.83. The fourth-order valence-electron chi connectivity index (χ4n) is 3.34. The number of benzene rings is 1. The number of ether oxygens (including phenoxy) is 1. The molecule has 21 heavy (non-hydrogen) atoms. The van der Waals surface area contributed by atoms with Crippen molar-refractivity contribution in [1.82, 2.24) is 9.80 Å². The molecule has 1 amide bonds. The predicted octanol–water partition coefficient (Wildman–Crippen LogP) is 1.76. The van der Waals surface area contributed by atoms with Gasteiger partial charge >= 0.3 is 0 Å². The van der Waals surface area contributed by atoms with E-state index in [0.29, 0.717) is 18.4 Å². The van der Waals surface area contributed by atoms with Crippen LogP contribution in [0.1, 0.15) is 18.4 Å². The first-order valence-corrected chi connectivity index (χ1v) is 7.85. The van der Waals surface area contributed by atoms with Gasteiger partial charge in [0, 0.05) is 20.1 Å². The highest BCUT2D eigenvalue weighted by Gasteiger charge is 2.37. The molecule has 0 N–H and O–H groups in total. The third-order valence-corrected chi connectivity index (χ3v) is 4.62. The van der Waals surface area contributed by atoms with Gasteiger partial charge in [-0.1, -0.05) is 30.3 Å². The maximum Gasteiger partial charge on any atom is 0.239 e. The third-order valence-electron chi connectivity index (χ3n) is 4.62. The van der Waals surface area contributed by atoms with Crippen molar-refractivity contribution in [2.24, 2.45) is 5.92 Å². The summed E-state index contributed by atoms with van der Waals surface area (Å²) in [6.07, 6.45) is 2.12. The maximum atomic E-state index is 12.1. The second-order valence-corrected chi connectivity index (χ2v) is 6.21. The smallest absolute Gasteiger partial charge is 0.239 e. The molecule has 0 aromatic heterocycles. The minimum atomic E-state index is 0.120. The number of nitrogens with zero attached hydrogens (tertiary/aromatic N) is 2. The van der Waals surface area contributed by atoms with Crippen LogP contribution >= 0.6 is 0 Å². The van der Waals surface area contributed by atoms with Gasteiger partial charge in [-0.2, -0.15) is 0 Å². The third kappa shape index (κ3) is 3.44. The number of rotatable bonds is 5. The Kier molecular flexibility index (Phi) is 4.56. The molecule has 3 rings (SSSR count). The van der Waals surface area contributed by atoms with Crippen molar-refractivity contribution in [3.63, 3.8) is 0 Å². The lowest BCUT2D eigenvalue weighted by molar-refractivity contribution is -0.130. The molecule has 0 aliphatic carbocycles. The Labute approximate surface area is 126 Å². The summed E-state index contributed by atoms with van der Waals surface area (Å²) in [6, 6.07) is 10.4. The van der Waals surface area contributed by atoms with Crippen LogP contribution in [-0.2, 0) is 16.1 Å². The van der Waals surface area contributed by atoms with Crippen molar-refractivity contribution in [3.05, 3.63) is 35.9 Å². The van der Waals surface area contributed by atoms with E-state index in [1.54, 1.807) is 0 Å². The van der Waals surface area contributed by atoms with Gasteiger partial charge in [-0.05, 0) is 30.9 Å². The molecular formula is C17H24N2O2. The Bertz CT molecular complexity index is 477. The number of carbonyl (C=O) groups is 1. The number of likely N-dealkylation sites (tertiary alicyclic amines) is 2. The molecule has 0 saturated carbocycles. The minimum Gasteiger partial charge on any atom is -0.376 e. The van der Waals surface area contributed by atoms with Gasteiger partial charge in [0.2, 0.25) is 5.91 Å². The van der Waals surface area contributed by atoms with Gasteiger partial charge in [0.1, 0.15) is 0 Å². The molecule has 0 spiro atoms. The van der Waals surface area contributed by atoms with Crippen molar-refractivity contribution in [2.75, 3.05) is 33.3 Å². The number of carbonyl (C=O) groups excluding carboxylic acids is 1. The van der Waals surface area contributed by atoms with Gasteiger partial charge in [-0.25, -0.2) is 0 Å². The average Bonchev–Trinajstić information content (AvgIpc) is 3.08. The van der Waals surface area contributed by atoms with E-state index in [4.69, 9.17) is 4.74 Å². The van der Waals surface area contributed by atoms with E-state index in [1.807, 2.05) is 30.1 Å². The van der Waals surface area contributed by atoms with Crippen LogP contribution in [0.2, 0.25) is 0 Å². The molecule has 114 valence electrons. The van der Waals surface area contributed by atoms with E-state index in [0.717, 1.165) is 39.1 Å². The Balaban J connectivity index is 1.42. The van der Waals surface area contributed by atoms with Gasteiger partial charge < -0.3 is 9.64 Å². The summed E-state index contributed by atoms with van der Waals surface area (Å²) >= 11 is 0. The van der Waals surface area contributed by atoms with Crippen LogP contribution in [-0.4, -0.2) is 55.0 Å². The van der Waals surface area contributed by atoms with Crippen molar-refractivity contribution in [2.45, 2.75) is 25.5 Å². The molecule has 2 aliphatic rings. The first-order chi connectivity index (χ1) is 10.2. The van der Waals surface area contributed by atoms with E-state index in [1.165, 1.54) is 5.56 Å². The molecule has 4 heteroatoms. The molecule has 2 atom stereocenters. The zero-order valence-electron chi connectivity index (χ0n) is 12.7. The van der Waals surface area contributed by atoms with E-state index in [-0.39, 0.29) is 6.04 Å². The summed E-state index contributed by atoms with van der Waals surface area (Å²) in [5.41, 5.74) is 1.22. The average molecular weight is 288 g/mol. The van der Waals surface area contributed by atoms with Crippen LogP contribution in [0.4, 0.5) is 0 Å². The van der Waals surface area contributed by atoms with Gasteiger partial charge in [-0.3, -0.25) is 9.69 Å². The van der Waals surface area contributed by atoms with Crippen LogP contribution in [0.5, 0.6) is 0 Å². The molecule has 2 heterocycles. The van der Waals surface area contributed by atoms with Gasteiger partial charge in [0.05, 0.1) is 19.3 Å². The van der Waals surface area contributed by atoms with Crippen molar-refractivity contribution < 1.29 is 9.53 Å². The fourth-order valence-corrected chi connectivity index (χ4v) is 3.34. The lowest BCUT2D eigenvalue weighted by Crippen LogP contribution is -2.39. The summed E-state index contributed by atoms with van der Waals surface area (Å²) in [6.45, 7) is 4.41. The first kappa shape index (κ1) is 14.5. The minimum absolute atomic E-state index is 0.120. The molecule has 4 nitrogen and oxygen atoms in total. The standard InChI is InChI=1S/C17H24N2O2/c1-18-9-8-16(17(18)20)19-10-7-15(11-19)13-21-12-14-5-3-2-4-6-14/h2-6,15-16H,7-13H2,1H3/t15-,16+/m1/s1. The molecule has 2 fully saturated rings. The Morgan fingerprint density at radius 3 is 2.71 bits per heavy atom. The number of amides is 1. The van der Waals surface area contributed by atoms with Crippen LogP contribution in [0.3, 0.4) is 0 Å². The van der Waals surface area contributed by atoms with Crippen LogP contribution in [0, 0.1) is 5.92 Å². The van der Waals surface area contributed by atoms with E-state index >= 15 is 0 Å². The van der Waals surface area contributed by atoms with Crippen molar-refractivity contribution in [3.8, 4) is 0 Å². The molecule has 1 aromatic carbocycles. The van der Waals surface area contributed by atoms with Crippen LogP contribution in [0.15, 0.2) is 30.3 Å². The highest BCUT2D eigenvalue weighted by atomic mass is 16.5. The fraction of sp³-hybridized carbons (Fsp3) is 0.588. The largest absolute Gasteiger partial charge is 0.376 e. The maximum absolute atomic E-state index is 12.1. The number of likely N-dealkylation sites (N-methyl/N-ethyl adjacent to an activating group) is 1. The van der Waals surface area contributed by atoms with Crippen LogP contribution in [0.25, 0.3) is 0 Å². The molecular weight excluding hydrogens is 264 g/mol. The predicted molar refractivity (Wildman–Crippen MR) is 81.8 cm³/mol. The van der Waals surface area contributed by atoms with Crippen molar-refractivity contribution in [1.29, 1.82) is 0 Å². The van der Waals surface area contributed by atoms with Gasteiger partial charge in [-0.15, -0.1) is 0 Å². The summed E-state index contributed by atoms with van der Waals surface area (Å²) in [7, 11) is 1.90. The van der Waals surface area contributed by atoms with E-state index < -0.39 is 0 Å². The quantitative estimate of drug-likeness (QED) is 0.827. The summed E-state index contributed by atoms with van der Waals surface area (Å²) in [4.78, 5) is 16.3. The topological polar surface area (TPSA) is 32.8 Å². The lowest BCUT2D eigenvalue weighted by atomic mass is 10.1. The second kappa shape index (κ2) is 6.58. The second-order valence-electron chi connectivity index (χ2n) is 6.21. The molecule has 0 unspecified atom stereocenters. The monoisotopic (exact) mass is 288 g/mol. The molecule has 0 radical (unpaired) electrons. The zero-order chi connectivity index (χ0) is 14.7. The van der Waals surface area contributed by atoms with Crippen molar-refractivity contribution >= 4 is 5.91 Å². The summed E-state index contributed by atoms with van der Waals surface area (Å²) < 4.78 is 5.84. The number of hydrogen-bond donors (Lipinski definition) is 0. The Morgan fingerprint density at radius 2 is 2.00 bits per heavy atom. The van der Waals surface area contributed by atoms with Gasteiger partial charge in [0.15, 0.2) is 0 Å². The van der Waals surface area contributed by atoms with E-state index in [9.17, 15) is 4.79 Å². The lowest BCUT2D eigenvalue weighted by Gasteiger charge is -2.22. The highest BCUT2D eigenvalue weighted by Crippen LogP contribution is 2.24. The molecule has 1 aromatic rings. The summed E-state index contributed by atoms with van der Waals surface area (Å²) in [5.74, 6) is 0.855. The first-order valence-electron chi connectivity index (χ1n) is 7.85. The molecule has 2 saturated heterocycles. The molecule has 0 bridgehead atoms. The Morgan fingerprint density at radius 1 is 1.19 bits per heavy atom. The Hall–Kier alpha value is -1.39. The molecule has 2 aliphatic heterocycles. The van der Waals surface area contributed by atoms with Gasteiger partial charge in [0.25, 0.3) is 0 Å². The van der Waals surface area contributed by atoms with Crippen LogP contribution < -0.4 is 0 Å². The SMILES string of the molecule is CN1CC[C@H](N2CC[C@@H](COCc3ccccc3)C2)C1=O.